The van der Waals surface area contributed by atoms with E-state index in [-0.39, 0.29) is 11.0 Å². The van der Waals surface area contributed by atoms with Crippen LogP contribution in [0.15, 0.2) is 0 Å². The zero-order valence-electron chi connectivity index (χ0n) is 13.1. The van der Waals surface area contributed by atoms with Crippen LogP contribution in [0.5, 0.6) is 0 Å². The lowest BCUT2D eigenvalue weighted by molar-refractivity contribution is 0.171. The highest BCUT2D eigenvalue weighted by atomic mass is 32.2. The van der Waals surface area contributed by atoms with Crippen molar-refractivity contribution in [1.82, 2.24) is 10.2 Å². The molecular formula is C14H30N2O3S. The molecule has 1 rings (SSSR count). The number of hydrogen-bond acceptors (Lipinski definition) is 5. The lowest BCUT2D eigenvalue weighted by Crippen LogP contribution is -2.42. The van der Waals surface area contributed by atoms with E-state index in [4.69, 9.17) is 4.74 Å². The van der Waals surface area contributed by atoms with Crippen LogP contribution in [0.1, 0.15) is 26.7 Å². The van der Waals surface area contributed by atoms with Crippen LogP contribution in [0, 0.1) is 5.92 Å². The maximum atomic E-state index is 11.8. The Balaban J connectivity index is 2.27. The van der Waals surface area contributed by atoms with E-state index in [2.05, 4.69) is 10.2 Å². The van der Waals surface area contributed by atoms with Gasteiger partial charge in [0.25, 0.3) is 0 Å². The monoisotopic (exact) mass is 306 g/mol. The van der Waals surface area contributed by atoms with Crippen LogP contribution >= 0.6 is 0 Å². The van der Waals surface area contributed by atoms with Gasteiger partial charge in [-0.1, -0.05) is 0 Å². The molecule has 1 unspecified atom stereocenters. The van der Waals surface area contributed by atoms with E-state index >= 15 is 0 Å². The summed E-state index contributed by atoms with van der Waals surface area (Å²) in [5.74, 6) is 0.913. The summed E-state index contributed by atoms with van der Waals surface area (Å²) in [6, 6.07) is 0. The Morgan fingerprint density at radius 2 is 2.15 bits per heavy atom. The fourth-order valence-electron chi connectivity index (χ4n) is 2.49. The second-order valence-corrected chi connectivity index (χ2v) is 8.60. The summed E-state index contributed by atoms with van der Waals surface area (Å²) in [5, 5.41) is 3.13. The number of nitrogens with one attached hydrogen (secondary N) is 1. The second kappa shape index (κ2) is 8.97. The van der Waals surface area contributed by atoms with E-state index in [1.165, 1.54) is 12.8 Å². The minimum Gasteiger partial charge on any atom is -0.383 e. The number of rotatable bonds is 9. The zero-order valence-corrected chi connectivity index (χ0v) is 13.9. The van der Waals surface area contributed by atoms with Gasteiger partial charge in [0.2, 0.25) is 0 Å². The Labute approximate surface area is 124 Å². The average Bonchev–Trinajstić information content (AvgIpc) is 2.42. The molecule has 120 valence electrons. The standard InChI is InChI=1S/C14H30N2O3S/c1-13(2)20(17,18)10-8-16-7-4-5-14(12-16)11-15-6-9-19-3/h13-15H,4-12H2,1-3H3. The van der Waals surface area contributed by atoms with Crippen molar-refractivity contribution >= 4 is 9.84 Å². The number of methoxy groups -OCH3 is 1. The van der Waals surface area contributed by atoms with Gasteiger partial charge in [0.1, 0.15) is 0 Å². The topological polar surface area (TPSA) is 58.6 Å². The normalized spacial score (nSPS) is 21.5. The van der Waals surface area contributed by atoms with Crippen LogP contribution in [0.25, 0.3) is 0 Å². The summed E-state index contributed by atoms with van der Waals surface area (Å²) in [4.78, 5) is 2.30. The minimum atomic E-state index is -2.91. The average molecular weight is 306 g/mol. The number of hydrogen-bond donors (Lipinski definition) is 1. The van der Waals surface area contributed by atoms with E-state index in [1.807, 2.05) is 0 Å². The molecule has 0 aromatic heterocycles. The fourth-order valence-corrected chi connectivity index (χ4v) is 3.48. The molecule has 0 aromatic rings. The summed E-state index contributed by atoms with van der Waals surface area (Å²) in [6.45, 7) is 8.85. The number of piperidine rings is 1. The number of ether oxygens (including phenoxy) is 1. The molecule has 1 atom stereocenters. The third-order valence-electron chi connectivity index (χ3n) is 3.93. The summed E-state index contributed by atoms with van der Waals surface area (Å²) >= 11 is 0. The molecular weight excluding hydrogens is 276 g/mol. The Hall–Kier alpha value is -0.170. The van der Waals surface area contributed by atoms with Crippen molar-refractivity contribution in [3.8, 4) is 0 Å². The molecule has 1 aliphatic rings. The number of sulfone groups is 1. The van der Waals surface area contributed by atoms with Crippen molar-refractivity contribution in [3.05, 3.63) is 0 Å². The Morgan fingerprint density at radius 1 is 1.40 bits per heavy atom. The quantitative estimate of drug-likeness (QED) is 0.637. The predicted molar refractivity (Wildman–Crippen MR) is 82.8 cm³/mol. The van der Waals surface area contributed by atoms with Crippen LogP contribution in [-0.2, 0) is 14.6 Å². The van der Waals surface area contributed by atoms with Crippen molar-refractivity contribution in [2.24, 2.45) is 5.92 Å². The van der Waals surface area contributed by atoms with Crippen molar-refractivity contribution in [2.75, 3.05) is 52.2 Å². The Morgan fingerprint density at radius 3 is 2.80 bits per heavy atom. The van der Waals surface area contributed by atoms with Crippen molar-refractivity contribution in [1.29, 1.82) is 0 Å². The van der Waals surface area contributed by atoms with E-state index in [0.29, 0.717) is 12.5 Å². The molecule has 1 heterocycles. The van der Waals surface area contributed by atoms with Gasteiger partial charge in [0.15, 0.2) is 9.84 Å². The van der Waals surface area contributed by atoms with E-state index in [1.54, 1.807) is 21.0 Å². The molecule has 1 N–H and O–H groups in total. The highest BCUT2D eigenvalue weighted by Crippen LogP contribution is 2.16. The third kappa shape index (κ3) is 6.52. The first-order valence-electron chi connectivity index (χ1n) is 7.59. The number of likely N-dealkylation sites (tertiary alicyclic amines) is 1. The van der Waals surface area contributed by atoms with Gasteiger partial charge in [-0.2, -0.15) is 0 Å². The van der Waals surface area contributed by atoms with Crippen molar-refractivity contribution in [3.63, 3.8) is 0 Å². The van der Waals surface area contributed by atoms with Crippen LogP contribution in [0.4, 0.5) is 0 Å². The van der Waals surface area contributed by atoms with Crippen molar-refractivity contribution < 1.29 is 13.2 Å². The van der Waals surface area contributed by atoms with Gasteiger partial charge in [-0.05, 0) is 45.7 Å². The molecule has 0 amide bonds. The van der Waals surface area contributed by atoms with Crippen LogP contribution in [-0.4, -0.2) is 70.8 Å². The molecule has 0 aliphatic carbocycles. The van der Waals surface area contributed by atoms with Crippen LogP contribution in [0.2, 0.25) is 0 Å². The van der Waals surface area contributed by atoms with E-state index in [0.717, 1.165) is 32.8 Å². The Bertz CT molecular complexity index is 357. The molecule has 0 spiro atoms. The second-order valence-electron chi connectivity index (χ2n) is 5.92. The lowest BCUT2D eigenvalue weighted by atomic mass is 9.98. The van der Waals surface area contributed by atoms with Gasteiger partial charge in [0.05, 0.1) is 17.6 Å². The summed E-state index contributed by atoms with van der Waals surface area (Å²) in [5.41, 5.74) is 0. The molecule has 6 heteroatoms. The van der Waals surface area contributed by atoms with E-state index in [9.17, 15) is 8.42 Å². The molecule has 1 saturated heterocycles. The lowest BCUT2D eigenvalue weighted by Gasteiger charge is -2.33. The SMILES string of the molecule is COCCNCC1CCCN(CCS(=O)(=O)C(C)C)C1. The smallest absolute Gasteiger partial charge is 0.153 e. The summed E-state index contributed by atoms with van der Waals surface area (Å²) in [7, 11) is -1.21. The first kappa shape index (κ1) is 17.9. The van der Waals surface area contributed by atoms with Crippen LogP contribution in [0.3, 0.4) is 0 Å². The molecule has 5 nitrogen and oxygen atoms in total. The van der Waals surface area contributed by atoms with Gasteiger partial charge < -0.3 is 15.0 Å². The van der Waals surface area contributed by atoms with E-state index < -0.39 is 9.84 Å². The Kier molecular flexibility index (Phi) is 8.02. The highest BCUT2D eigenvalue weighted by molar-refractivity contribution is 7.92. The van der Waals surface area contributed by atoms with Crippen molar-refractivity contribution in [2.45, 2.75) is 31.9 Å². The molecule has 0 radical (unpaired) electrons. The van der Waals surface area contributed by atoms with Gasteiger partial charge >= 0.3 is 0 Å². The number of nitrogens with zero attached hydrogens (tertiary/aromatic N) is 1. The molecule has 20 heavy (non-hydrogen) atoms. The van der Waals surface area contributed by atoms with Gasteiger partial charge in [-0.3, -0.25) is 0 Å². The first-order valence-corrected chi connectivity index (χ1v) is 9.31. The maximum absolute atomic E-state index is 11.8. The largest absolute Gasteiger partial charge is 0.383 e. The van der Waals surface area contributed by atoms with Gasteiger partial charge in [-0.25, -0.2) is 8.42 Å². The minimum absolute atomic E-state index is 0.265. The van der Waals surface area contributed by atoms with Gasteiger partial charge in [-0.15, -0.1) is 0 Å². The maximum Gasteiger partial charge on any atom is 0.153 e. The molecule has 0 aromatic carbocycles. The molecule has 0 bridgehead atoms. The van der Waals surface area contributed by atoms with Crippen LogP contribution < -0.4 is 5.32 Å². The molecule has 1 aliphatic heterocycles. The first-order chi connectivity index (χ1) is 9.45. The predicted octanol–water partition coefficient (Wildman–Crippen LogP) is 0.758. The molecule has 0 saturated carbocycles. The fraction of sp³-hybridized carbons (Fsp3) is 1.00. The summed E-state index contributed by atoms with van der Waals surface area (Å²) in [6.07, 6.45) is 2.39. The summed E-state index contributed by atoms with van der Waals surface area (Å²) < 4.78 is 28.7. The zero-order chi connectivity index (χ0) is 15.0. The third-order valence-corrected chi connectivity index (χ3v) is 6.12. The molecule has 1 fully saturated rings. The van der Waals surface area contributed by atoms with Gasteiger partial charge in [0, 0.05) is 26.7 Å². The highest BCUT2D eigenvalue weighted by Gasteiger charge is 2.22.